The Hall–Kier alpha value is -2.15. The van der Waals surface area contributed by atoms with Crippen LogP contribution in [0.25, 0.3) is 6.08 Å². The van der Waals surface area contributed by atoms with Crippen molar-refractivity contribution >= 4 is 17.8 Å². The molecule has 0 spiro atoms. The van der Waals surface area contributed by atoms with Gasteiger partial charge in [-0.3, -0.25) is 4.79 Å². The van der Waals surface area contributed by atoms with Gasteiger partial charge in [-0.2, -0.15) is 4.98 Å². The van der Waals surface area contributed by atoms with Crippen molar-refractivity contribution < 1.29 is 4.79 Å². The molecule has 7 nitrogen and oxygen atoms in total. The third kappa shape index (κ3) is 2.92. The summed E-state index contributed by atoms with van der Waals surface area (Å²) in [6, 6.07) is 0. The first-order valence-electron chi connectivity index (χ1n) is 4.53. The molecule has 0 aliphatic rings. The van der Waals surface area contributed by atoms with Crippen LogP contribution in [0, 0.1) is 0 Å². The van der Waals surface area contributed by atoms with E-state index in [1.165, 1.54) is 22.9 Å². The quantitative estimate of drug-likeness (QED) is 0.422. The van der Waals surface area contributed by atoms with Gasteiger partial charge in [0.05, 0.1) is 6.67 Å². The minimum absolute atomic E-state index is 0.0597. The monoisotopic (exact) mass is 223 g/mol. The third-order valence-corrected chi connectivity index (χ3v) is 1.84. The van der Waals surface area contributed by atoms with Gasteiger partial charge in [-0.25, -0.2) is 4.79 Å². The number of hydrogen-bond acceptors (Lipinski definition) is 5. The molecule has 5 N–H and O–H groups in total. The maximum absolute atomic E-state index is 11.1. The second-order valence-corrected chi connectivity index (χ2v) is 3.05. The minimum atomic E-state index is -0.443. The van der Waals surface area contributed by atoms with Crippen molar-refractivity contribution in [2.24, 2.45) is 12.8 Å². The number of carbonyl (C=O) groups excluding carboxylic acids is 1. The van der Waals surface area contributed by atoms with Crippen molar-refractivity contribution in [1.82, 2.24) is 14.9 Å². The van der Waals surface area contributed by atoms with Gasteiger partial charge < -0.3 is 21.4 Å². The minimum Gasteiger partial charge on any atom is -0.383 e. The summed E-state index contributed by atoms with van der Waals surface area (Å²) >= 11 is 0. The van der Waals surface area contributed by atoms with Crippen LogP contribution >= 0.6 is 0 Å². The number of anilines is 1. The number of nitrogens with zero attached hydrogens (tertiary/aromatic N) is 2. The van der Waals surface area contributed by atoms with Gasteiger partial charge in [0.1, 0.15) is 5.82 Å². The van der Waals surface area contributed by atoms with E-state index in [0.29, 0.717) is 5.56 Å². The second kappa shape index (κ2) is 5.08. The average molecular weight is 223 g/mol. The van der Waals surface area contributed by atoms with Gasteiger partial charge in [0.2, 0.25) is 5.91 Å². The lowest BCUT2D eigenvalue weighted by Crippen LogP contribution is -2.27. The molecule has 0 radical (unpaired) electrons. The molecule has 0 bridgehead atoms. The van der Waals surface area contributed by atoms with Crippen LogP contribution < -0.4 is 22.5 Å². The zero-order valence-corrected chi connectivity index (χ0v) is 8.80. The molecular formula is C9H13N5O2. The number of amides is 1. The lowest BCUT2D eigenvalue weighted by molar-refractivity contribution is -0.116. The summed E-state index contributed by atoms with van der Waals surface area (Å²) in [5, 5.41) is 2.38. The van der Waals surface area contributed by atoms with Crippen LogP contribution in [0.2, 0.25) is 0 Å². The summed E-state index contributed by atoms with van der Waals surface area (Å²) in [7, 11) is 1.55. The van der Waals surface area contributed by atoms with Crippen molar-refractivity contribution in [2.45, 2.75) is 0 Å². The van der Waals surface area contributed by atoms with Crippen LogP contribution in [0.1, 0.15) is 5.56 Å². The standard InChI is InChI=1S/C9H13N5O2/c1-14-4-6(8(11)13-9(14)16)2-3-7(15)12-5-10/h2-4H,5,10H2,1H3,(H,12,15)(H2,11,13,16)/b3-2+. The normalized spacial score (nSPS) is 10.6. The summed E-state index contributed by atoms with van der Waals surface area (Å²) in [4.78, 5) is 25.7. The number of nitrogens with one attached hydrogen (secondary N) is 1. The summed E-state index contributed by atoms with van der Waals surface area (Å²) in [5.41, 5.74) is 10.7. The summed E-state index contributed by atoms with van der Waals surface area (Å²) in [5.74, 6) is -0.254. The second-order valence-electron chi connectivity index (χ2n) is 3.05. The Morgan fingerprint density at radius 1 is 1.69 bits per heavy atom. The van der Waals surface area contributed by atoms with Crippen LogP contribution in [0.5, 0.6) is 0 Å². The maximum atomic E-state index is 11.1. The highest BCUT2D eigenvalue weighted by atomic mass is 16.1. The molecule has 1 aromatic rings. The van der Waals surface area contributed by atoms with Gasteiger partial charge in [-0.05, 0) is 6.08 Å². The van der Waals surface area contributed by atoms with Crippen molar-refractivity contribution in [3.8, 4) is 0 Å². The number of aromatic nitrogens is 2. The average Bonchev–Trinajstić information content (AvgIpc) is 2.22. The zero-order valence-electron chi connectivity index (χ0n) is 8.80. The fraction of sp³-hybridized carbons (Fsp3) is 0.222. The molecule has 1 amide bonds. The molecule has 0 fully saturated rings. The van der Waals surface area contributed by atoms with E-state index < -0.39 is 5.69 Å². The lowest BCUT2D eigenvalue weighted by Gasteiger charge is -2.01. The highest BCUT2D eigenvalue weighted by Crippen LogP contribution is 2.06. The van der Waals surface area contributed by atoms with E-state index in [2.05, 4.69) is 10.3 Å². The molecule has 1 rings (SSSR count). The largest absolute Gasteiger partial charge is 0.383 e. The molecule has 0 saturated carbocycles. The van der Waals surface area contributed by atoms with E-state index in [1.807, 2.05) is 0 Å². The van der Waals surface area contributed by atoms with Crippen molar-refractivity contribution in [3.63, 3.8) is 0 Å². The summed E-state index contributed by atoms with van der Waals surface area (Å²) in [6.07, 6.45) is 4.23. The van der Waals surface area contributed by atoms with Gasteiger partial charge in [-0.15, -0.1) is 0 Å². The van der Waals surface area contributed by atoms with E-state index in [1.54, 1.807) is 7.05 Å². The number of nitrogen functional groups attached to an aromatic ring is 1. The molecular weight excluding hydrogens is 210 g/mol. The van der Waals surface area contributed by atoms with Gasteiger partial charge in [0.15, 0.2) is 0 Å². The number of hydrogen-bond donors (Lipinski definition) is 3. The number of aryl methyl sites for hydroxylation is 1. The number of nitrogens with two attached hydrogens (primary N) is 2. The SMILES string of the molecule is Cn1cc(/C=C/C(=O)NCN)c(N)nc1=O. The number of rotatable bonds is 3. The van der Waals surface area contributed by atoms with Crippen LogP contribution in [0.15, 0.2) is 17.1 Å². The van der Waals surface area contributed by atoms with E-state index in [0.717, 1.165) is 0 Å². The summed E-state index contributed by atoms with van der Waals surface area (Å²) < 4.78 is 1.27. The predicted molar refractivity (Wildman–Crippen MR) is 60.1 cm³/mol. The molecule has 86 valence electrons. The van der Waals surface area contributed by atoms with E-state index in [9.17, 15) is 9.59 Å². The highest BCUT2D eigenvalue weighted by Gasteiger charge is 2.01. The molecule has 0 aliphatic heterocycles. The molecule has 7 heteroatoms. The van der Waals surface area contributed by atoms with Crippen molar-refractivity contribution in [2.75, 3.05) is 12.4 Å². The Balaban J connectivity index is 2.93. The van der Waals surface area contributed by atoms with Crippen LogP contribution in [-0.2, 0) is 11.8 Å². The Bertz CT molecular complexity index is 477. The Kier molecular flexibility index (Phi) is 3.78. The molecule has 1 heterocycles. The topological polar surface area (TPSA) is 116 Å². The Morgan fingerprint density at radius 3 is 3.00 bits per heavy atom. The first kappa shape index (κ1) is 11.9. The van der Waals surface area contributed by atoms with Gasteiger partial charge in [0.25, 0.3) is 0 Å². The smallest absolute Gasteiger partial charge is 0.349 e. The van der Waals surface area contributed by atoms with E-state index in [4.69, 9.17) is 11.5 Å². The molecule has 1 aromatic heterocycles. The van der Waals surface area contributed by atoms with Gasteiger partial charge >= 0.3 is 5.69 Å². The molecule has 0 aromatic carbocycles. The Morgan fingerprint density at radius 2 is 2.38 bits per heavy atom. The van der Waals surface area contributed by atoms with Crippen LogP contribution in [0.3, 0.4) is 0 Å². The van der Waals surface area contributed by atoms with Crippen molar-refractivity contribution in [1.29, 1.82) is 0 Å². The third-order valence-electron chi connectivity index (χ3n) is 1.84. The fourth-order valence-corrected chi connectivity index (χ4v) is 1.03. The molecule has 16 heavy (non-hydrogen) atoms. The zero-order chi connectivity index (χ0) is 12.1. The van der Waals surface area contributed by atoms with Gasteiger partial charge in [0, 0.05) is 24.9 Å². The lowest BCUT2D eigenvalue weighted by atomic mass is 10.3. The van der Waals surface area contributed by atoms with Crippen LogP contribution in [0.4, 0.5) is 5.82 Å². The molecule has 0 unspecified atom stereocenters. The first-order valence-corrected chi connectivity index (χ1v) is 4.53. The highest BCUT2D eigenvalue weighted by molar-refractivity contribution is 5.92. The number of carbonyl (C=O) groups is 1. The fourth-order valence-electron chi connectivity index (χ4n) is 1.03. The molecule has 0 saturated heterocycles. The van der Waals surface area contributed by atoms with E-state index in [-0.39, 0.29) is 18.4 Å². The van der Waals surface area contributed by atoms with Gasteiger partial charge in [-0.1, -0.05) is 0 Å². The maximum Gasteiger partial charge on any atom is 0.349 e. The van der Waals surface area contributed by atoms with Crippen molar-refractivity contribution in [3.05, 3.63) is 28.3 Å². The molecule has 0 atom stereocenters. The van der Waals surface area contributed by atoms with Crippen LogP contribution in [-0.4, -0.2) is 22.1 Å². The first-order chi connectivity index (χ1) is 7.54. The predicted octanol–water partition coefficient (Wildman–Crippen LogP) is -1.59. The van der Waals surface area contributed by atoms with E-state index >= 15 is 0 Å². The molecule has 0 aliphatic carbocycles. The Labute approximate surface area is 91.8 Å². The summed E-state index contributed by atoms with van der Waals surface area (Å²) in [6.45, 7) is 0.0597.